The standard InChI is InChI=1S/C35H45N5O2S/c1-6-7-8-9-10-20-42-31-23-30(19-16-27(31)24-37-29-13-11-12-25(21-29)22-32(36)41)43-34-39-38-33(40(34)5)26-14-17-28(18-15-26)35(2,3)4/h11-19,21,23,37H,6-10,20,22,24H2,1-5H3,(H2,36,41). The van der Waals surface area contributed by atoms with E-state index in [9.17, 15) is 4.79 Å². The fourth-order valence-electron chi connectivity index (χ4n) is 4.84. The molecule has 1 aromatic heterocycles. The molecule has 4 rings (SSSR count). The largest absolute Gasteiger partial charge is 0.493 e. The van der Waals surface area contributed by atoms with E-state index in [-0.39, 0.29) is 17.7 Å². The summed E-state index contributed by atoms with van der Waals surface area (Å²) >= 11 is 1.58. The average molecular weight is 600 g/mol. The minimum atomic E-state index is -0.340. The molecule has 0 unspecified atom stereocenters. The van der Waals surface area contributed by atoms with Crippen molar-refractivity contribution in [3.05, 3.63) is 83.4 Å². The summed E-state index contributed by atoms with van der Waals surface area (Å²) in [6, 6.07) is 22.7. The van der Waals surface area contributed by atoms with Crippen LogP contribution in [0.15, 0.2) is 76.8 Å². The average Bonchev–Trinajstić information content (AvgIpc) is 3.33. The maximum Gasteiger partial charge on any atom is 0.221 e. The van der Waals surface area contributed by atoms with Gasteiger partial charge < -0.3 is 20.4 Å². The van der Waals surface area contributed by atoms with Crippen LogP contribution in [0.2, 0.25) is 0 Å². The Morgan fingerprint density at radius 3 is 2.47 bits per heavy atom. The molecule has 43 heavy (non-hydrogen) atoms. The summed E-state index contributed by atoms with van der Waals surface area (Å²) in [4.78, 5) is 12.4. The molecular formula is C35H45N5O2S. The van der Waals surface area contributed by atoms with Crippen LogP contribution in [0.5, 0.6) is 5.75 Å². The number of hydrogen-bond acceptors (Lipinski definition) is 6. The first-order valence-electron chi connectivity index (χ1n) is 15.2. The maximum atomic E-state index is 11.4. The minimum Gasteiger partial charge on any atom is -0.493 e. The van der Waals surface area contributed by atoms with Crippen molar-refractivity contribution in [1.29, 1.82) is 0 Å². The Morgan fingerprint density at radius 1 is 0.977 bits per heavy atom. The molecule has 0 aliphatic rings. The molecule has 8 heteroatoms. The molecule has 3 N–H and O–H groups in total. The van der Waals surface area contributed by atoms with Gasteiger partial charge in [-0.05, 0) is 59.0 Å². The zero-order valence-corrected chi connectivity index (χ0v) is 27.0. The predicted octanol–water partition coefficient (Wildman–Crippen LogP) is 7.92. The third-order valence-electron chi connectivity index (χ3n) is 7.39. The topological polar surface area (TPSA) is 95.1 Å². The van der Waals surface area contributed by atoms with Crippen molar-refractivity contribution in [3.8, 4) is 17.1 Å². The van der Waals surface area contributed by atoms with E-state index in [2.05, 4.69) is 85.7 Å². The summed E-state index contributed by atoms with van der Waals surface area (Å²) < 4.78 is 8.39. The van der Waals surface area contributed by atoms with E-state index in [1.807, 2.05) is 35.9 Å². The number of ether oxygens (including phenoxy) is 1. The molecule has 7 nitrogen and oxygen atoms in total. The number of amides is 1. The molecule has 0 aliphatic heterocycles. The quantitative estimate of drug-likeness (QED) is 0.135. The van der Waals surface area contributed by atoms with E-state index in [0.29, 0.717) is 13.2 Å². The number of anilines is 1. The lowest BCUT2D eigenvalue weighted by Gasteiger charge is -2.19. The van der Waals surface area contributed by atoms with Crippen molar-refractivity contribution in [2.45, 2.75) is 88.2 Å². The van der Waals surface area contributed by atoms with E-state index in [4.69, 9.17) is 10.5 Å². The zero-order valence-electron chi connectivity index (χ0n) is 26.2. The molecule has 0 atom stereocenters. The summed E-state index contributed by atoms with van der Waals surface area (Å²) in [5, 5.41) is 13.3. The molecule has 1 amide bonds. The van der Waals surface area contributed by atoms with E-state index in [1.54, 1.807) is 11.8 Å². The van der Waals surface area contributed by atoms with Gasteiger partial charge in [0.25, 0.3) is 0 Å². The lowest BCUT2D eigenvalue weighted by atomic mass is 9.87. The monoisotopic (exact) mass is 599 g/mol. The van der Waals surface area contributed by atoms with Crippen molar-refractivity contribution < 1.29 is 9.53 Å². The Hall–Kier alpha value is -3.78. The molecule has 0 saturated carbocycles. The predicted molar refractivity (Wildman–Crippen MR) is 177 cm³/mol. The summed E-state index contributed by atoms with van der Waals surface area (Å²) in [5.74, 6) is 1.36. The molecule has 0 bridgehead atoms. The van der Waals surface area contributed by atoms with Gasteiger partial charge in [-0.15, -0.1) is 10.2 Å². The normalized spacial score (nSPS) is 11.5. The maximum absolute atomic E-state index is 11.4. The van der Waals surface area contributed by atoms with Gasteiger partial charge in [-0.25, -0.2) is 0 Å². The smallest absolute Gasteiger partial charge is 0.221 e. The third kappa shape index (κ3) is 9.35. The Bertz CT molecular complexity index is 1490. The number of primary amides is 1. The number of nitrogens with zero attached hydrogens (tertiary/aromatic N) is 3. The molecule has 4 aromatic rings. The second kappa shape index (κ2) is 15.1. The van der Waals surface area contributed by atoms with Gasteiger partial charge >= 0.3 is 0 Å². The second-order valence-electron chi connectivity index (χ2n) is 12.0. The number of benzene rings is 3. The van der Waals surface area contributed by atoms with Crippen LogP contribution in [0.1, 0.15) is 76.5 Å². The molecule has 0 aliphatic carbocycles. The Kier molecular flexibility index (Phi) is 11.3. The molecule has 3 aromatic carbocycles. The summed E-state index contributed by atoms with van der Waals surface area (Å²) in [7, 11) is 2.01. The highest BCUT2D eigenvalue weighted by Gasteiger charge is 2.17. The number of carbonyl (C=O) groups excluding carboxylic acids is 1. The van der Waals surface area contributed by atoms with Crippen molar-refractivity contribution in [2.75, 3.05) is 11.9 Å². The third-order valence-corrected chi connectivity index (χ3v) is 8.41. The number of nitrogens with two attached hydrogens (primary N) is 1. The first-order valence-corrected chi connectivity index (χ1v) is 16.0. The first kappa shape index (κ1) is 32.1. The van der Waals surface area contributed by atoms with Gasteiger partial charge in [-0.2, -0.15) is 0 Å². The van der Waals surface area contributed by atoms with Crippen LogP contribution >= 0.6 is 11.8 Å². The fourth-order valence-corrected chi connectivity index (χ4v) is 5.65. The molecule has 0 fully saturated rings. The summed E-state index contributed by atoms with van der Waals surface area (Å²) in [6.45, 7) is 10.1. The van der Waals surface area contributed by atoms with E-state index in [1.165, 1.54) is 31.2 Å². The molecule has 0 saturated heterocycles. The Morgan fingerprint density at radius 2 is 1.74 bits per heavy atom. The molecule has 0 spiro atoms. The Balaban J connectivity index is 1.49. The SMILES string of the molecule is CCCCCCCOc1cc(Sc2nnc(-c3ccc(C(C)(C)C)cc3)n2C)ccc1CNc1cccc(CC(N)=O)c1. The van der Waals surface area contributed by atoms with Crippen molar-refractivity contribution in [3.63, 3.8) is 0 Å². The lowest BCUT2D eigenvalue weighted by molar-refractivity contribution is -0.117. The number of unbranched alkanes of at least 4 members (excludes halogenated alkanes) is 4. The number of nitrogens with one attached hydrogen (secondary N) is 1. The molecular weight excluding hydrogens is 554 g/mol. The second-order valence-corrected chi connectivity index (χ2v) is 13.1. The van der Waals surface area contributed by atoms with Crippen LogP contribution in [0.25, 0.3) is 11.4 Å². The van der Waals surface area contributed by atoms with Crippen LogP contribution < -0.4 is 15.8 Å². The highest BCUT2D eigenvalue weighted by Crippen LogP contribution is 2.33. The summed E-state index contributed by atoms with van der Waals surface area (Å²) in [6.07, 6.45) is 6.14. The highest BCUT2D eigenvalue weighted by molar-refractivity contribution is 7.99. The Labute approximate surface area is 260 Å². The van der Waals surface area contributed by atoms with Crippen LogP contribution in [0.4, 0.5) is 5.69 Å². The van der Waals surface area contributed by atoms with Gasteiger partial charge in [-0.3, -0.25) is 4.79 Å². The fraction of sp³-hybridized carbons (Fsp3) is 0.400. The van der Waals surface area contributed by atoms with Gasteiger partial charge in [-0.1, -0.05) is 95.8 Å². The van der Waals surface area contributed by atoms with E-state index < -0.39 is 0 Å². The number of aromatic nitrogens is 3. The number of hydrogen-bond donors (Lipinski definition) is 2. The van der Waals surface area contributed by atoms with Crippen molar-refractivity contribution in [1.82, 2.24) is 14.8 Å². The lowest BCUT2D eigenvalue weighted by Crippen LogP contribution is -2.13. The van der Waals surface area contributed by atoms with Crippen molar-refractivity contribution in [2.24, 2.45) is 12.8 Å². The summed E-state index contributed by atoms with van der Waals surface area (Å²) in [5.41, 5.74) is 10.7. The van der Waals surface area contributed by atoms with Gasteiger partial charge in [0.15, 0.2) is 11.0 Å². The van der Waals surface area contributed by atoms with Crippen LogP contribution in [0.3, 0.4) is 0 Å². The highest BCUT2D eigenvalue weighted by atomic mass is 32.2. The van der Waals surface area contributed by atoms with Crippen LogP contribution in [-0.4, -0.2) is 27.3 Å². The van der Waals surface area contributed by atoms with Crippen LogP contribution in [-0.2, 0) is 30.2 Å². The van der Waals surface area contributed by atoms with Gasteiger partial charge in [0.1, 0.15) is 5.75 Å². The van der Waals surface area contributed by atoms with Gasteiger partial charge in [0.05, 0.1) is 13.0 Å². The van der Waals surface area contributed by atoms with Crippen LogP contribution in [0, 0.1) is 0 Å². The van der Waals surface area contributed by atoms with E-state index in [0.717, 1.165) is 50.4 Å². The molecule has 1 heterocycles. The molecule has 228 valence electrons. The number of carbonyl (C=O) groups is 1. The van der Waals surface area contributed by atoms with E-state index >= 15 is 0 Å². The van der Waals surface area contributed by atoms with Gasteiger partial charge in [0, 0.05) is 35.3 Å². The van der Waals surface area contributed by atoms with Crippen molar-refractivity contribution >= 4 is 23.4 Å². The molecule has 0 radical (unpaired) electrons. The number of rotatable bonds is 15. The zero-order chi connectivity index (χ0) is 30.8. The van der Waals surface area contributed by atoms with Gasteiger partial charge in [0.2, 0.25) is 5.91 Å². The first-order chi connectivity index (χ1) is 20.6. The minimum absolute atomic E-state index is 0.103.